The van der Waals surface area contributed by atoms with Crippen molar-refractivity contribution in [3.8, 4) is 0 Å². The second-order valence-electron chi connectivity index (χ2n) is 4.03. The van der Waals surface area contributed by atoms with Crippen molar-refractivity contribution in [1.29, 1.82) is 0 Å². The number of rotatable bonds is 0. The van der Waals surface area contributed by atoms with Crippen LogP contribution >= 0.6 is 11.8 Å². The molecular formula is C10H12F4S. The highest BCUT2D eigenvalue weighted by Crippen LogP contribution is 2.60. The minimum Gasteiger partial charge on any atom is -0.198 e. The van der Waals surface area contributed by atoms with Crippen LogP contribution in [0.2, 0.25) is 0 Å². The standard InChI is InChI=1S/C10H12F4S/c11-9(12)7-5-3-1-2-4-6-8(7)15-10(9,13)14/h1-2,7-8H,3-6H2/t7-,8+/m0/s1. The molecule has 0 aromatic carbocycles. The van der Waals surface area contributed by atoms with Crippen LogP contribution in [0.15, 0.2) is 12.2 Å². The van der Waals surface area contributed by atoms with Gasteiger partial charge in [0.2, 0.25) is 0 Å². The number of hydrogen-bond donors (Lipinski definition) is 0. The molecule has 0 aromatic rings. The number of alkyl halides is 4. The van der Waals surface area contributed by atoms with Gasteiger partial charge in [0.15, 0.2) is 0 Å². The van der Waals surface area contributed by atoms with Gasteiger partial charge in [-0.3, -0.25) is 0 Å². The van der Waals surface area contributed by atoms with Crippen LogP contribution in [-0.2, 0) is 0 Å². The van der Waals surface area contributed by atoms with E-state index in [1.165, 1.54) is 0 Å². The van der Waals surface area contributed by atoms with Crippen LogP contribution < -0.4 is 0 Å². The van der Waals surface area contributed by atoms with Gasteiger partial charge >= 0.3 is 11.2 Å². The van der Waals surface area contributed by atoms with Crippen molar-refractivity contribution in [2.45, 2.75) is 42.1 Å². The summed E-state index contributed by atoms with van der Waals surface area (Å²) >= 11 is 0.164. The summed E-state index contributed by atoms with van der Waals surface area (Å²) in [5, 5.41) is -4.48. The molecule has 0 spiro atoms. The van der Waals surface area contributed by atoms with E-state index >= 15 is 0 Å². The average molecular weight is 240 g/mol. The molecule has 0 nitrogen and oxygen atoms in total. The molecule has 0 radical (unpaired) electrons. The van der Waals surface area contributed by atoms with Gasteiger partial charge in [0, 0.05) is 11.2 Å². The topological polar surface area (TPSA) is 0 Å². The van der Waals surface area contributed by atoms with Gasteiger partial charge < -0.3 is 0 Å². The molecule has 1 saturated heterocycles. The molecule has 2 rings (SSSR count). The average Bonchev–Trinajstić information content (AvgIpc) is 2.22. The fourth-order valence-electron chi connectivity index (χ4n) is 2.20. The van der Waals surface area contributed by atoms with E-state index in [1.807, 2.05) is 12.2 Å². The van der Waals surface area contributed by atoms with E-state index in [9.17, 15) is 17.6 Å². The normalized spacial score (nSPS) is 38.1. The van der Waals surface area contributed by atoms with Gasteiger partial charge in [0.25, 0.3) is 0 Å². The third kappa shape index (κ3) is 1.79. The summed E-state index contributed by atoms with van der Waals surface area (Å²) in [6.07, 6.45) is 5.40. The Bertz CT molecular complexity index is 275. The summed E-state index contributed by atoms with van der Waals surface area (Å²) in [5.41, 5.74) is 0. The predicted molar refractivity (Wildman–Crippen MR) is 52.4 cm³/mol. The minimum absolute atomic E-state index is 0.163. The van der Waals surface area contributed by atoms with Crippen LogP contribution in [0.4, 0.5) is 17.6 Å². The molecule has 15 heavy (non-hydrogen) atoms. The molecule has 86 valence electrons. The first-order valence-electron chi connectivity index (χ1n) is 5.03. The number of halogens is 4. The van der Waals surface area contributed by atoms with E-state index < -0.39 is 22.3 Å². The lowest BCUT2D eigenvalue weighted by Gasteiger charge is -2.24. The van der Waals surface area contributed by atoms with Crippen molar-refractivity contribution in [2.75, 3.05) is 0 Å². The minimum atomic E-state index is -3.88. The van der Waals surface area contributed by atoms with Gasteiger partial charge in [-0.1, -0.05) is 23.9 Å². The molecule has 0 bridgehead atoms. The number of fused-ring (bicyclic) bond motifs is 1. The molecule has 2 atom stereocenters. The van der Waals surface area contributed by atoms with Crippen molar-refractivity contribution in [2.24, 2.45) is 5.92 Å². The summed E-state index contributed by atoms with van der Waals surface area (Å²) in [4.78, 5) is 0. The zero-order chi connectivity index (χ0) is 11.1. The Balaban J connectivity index is 2.23. The van der Waals surface area contributed by atoms with E-state index in [0.717, 1.165) is 0 Å². The molecular weight excluding hydrogens is 228 g/mol. The van der Waals surface area contributed by atoms with Gasteiger partial charge in [-0.2, -0.15) is 17.6 Å². The van der Waals surface area contributed by atoms with Crippen molar-refractivity contribution < 1.29 is 17.6 Å². The molecule has 0 amide bonds. The molecule has 1 heterocycles. The van der Waals surface area contributed by atoms with Gasteiger partial charge in [0.05, 0.1) is 0 Å². The monoisotopic (exact) mass is 240 g/mol. The Morgan fingerprint density at radius 1 is 1.00 bits per heavy atom. The van der Waals surface area contributed by atoms with Crippen LogP contribution in [0, 0.1) is 5.92 Å². The summed E-state index contributed by atoms with van der Waals surface area (Å²) in [5.74, 6) is -5.00. The SMILES string of the molecule is FC1(F)S[C@@H]2CCC=CCC[C@@H]2C1(F)F. The third-order valence-corrected chi connectivity index (χ3v) is 4.47. The molecule has 2 aliphatic rings. The molecule has 0 aromatic heterocycles. The lowest BCUT2D eigenvalue weighted by Crippen LogP contribution is -2.39. The van der Waals surface area contributed by atoms with Crippen molar-refractivity contribution in [3.63, 3.8) is 0 Å². The quantitative estimate of drug-likeness (QED) is 0.454. The Hall–Kier alpha value is -0.190. The summed E-state index contributed by atoms with van der Waals surface area (Å²) in [6, 6.07) is 0. The maximum Gasteiger partial charge on any atom is 0.356 e. The van der Waals surface area contributed by atoms with Crippen LogP contribution in [0.1, 0.15) is 25.7 Å². The zero-order valence-corrected chi connectivity index (χ0v) is 8.87. The van der Waals surface area contributed by atoms with Crippen molar-refractivity contribution in [1.82, 2.24) is 0 Å². The Morgan fingerprint density at radius 3 is 2.27 bits per heavy atom. The maximum atomic E-state index is 13.4. The molecule has 1 aliphatic carbocycles. The van der Waals surface area contributed by atoms with Crippen LogP contribution in [-0.4, -0.2) is 16.4 Å². The highest BCUT2D eigenvalue weighted by molar-refractivity contribution is 8.01. The molecule has 0 saturated carbocycles. The van der Waals surface area contributed by atoms with Gasteiger partial charge in [-0.15, -0.1) is 0 Å². The van der Waals surface area contributed by atoms with Crippen LogP contribution in [0.3, 0.4) is 0 Å². The number of allylic oxidation sites excluding steroid dienone is 2. The van der Waals surface area contributed by atoms with E-state index in [2.05, 4.69) is 0 Å². The first-order valence-corrected chi connectivity index (χ1v) is 5.91. The van der Waals surface area contributed by atoms with Gasteiger partial charge in [-0.25, -0.2) is 0 Å². The van der Waals surface area contributed by atoms with E-state index in [0.29, 0.717) is 19.3 Å². The molecule has 0 N–H and O–H groups in total. The van der Waals surface area contributed by atoms with Crippen molar-refractivity contribution in [3.05, 3.63) is 12.2 Å². The van der Waals surface area contributed by atoms with Crippen molar-refractivity contribution >= 4 is 11.8 Å². The first-order chi connectivity index (χ1) is 6.95. The lowest BCUT2D eigenvalue weighted by atomic mass is 9.88. The summed E-state index contributed by atoms with van der Waals surface area (Å²) in [7, 11) is 0. The van der Waals surface area contributed by atoms with E-state index in [1.54, 1.807) is 0 Å². The Kier molecular flexibility index (Phi) is 2.77. The summed E-state index contributed by atoms with van der Waals surface area (Å²) < 4.78 is 52.9. The highest BCUT2D eigenvalue weighted by atomic mass is 32.2. The molecule has 0 unspecified atom stereocenters. The van der Waals surface area contributed by atoms with Crippen LogP contribution in [0.5, 0.6) is 0 Å². The van der Waals surface area contributed by atoms with E-state index in [4.69, 9.17) is 0 Å². The smallest absolute Gasteiger partial charge is 0.198 e. The zero-order valence-electron chi connectivity index (χ0n) is 8.06. The predicted octanol–water partition coefficient (Wildman–Crippen LogP) is 4.08. The van der Waals surface area contributed by atoms with Crippen LogP contribution in [0.25, 0.3) is 0 Å². The number of hydrogen-bond acceptors (Lipinski definition) is 1. The second kappa shape index (κ2) is 3.68. The molecule has 1 fully saturated rings. The largest absolute Gasteiger partial charge is 0.356 e. The summed E-state index contributed by atoms with van der Waals surface area (Å²) in [6.45, 7) is 0. The molecule has 1 aliphatic heterocycles. The second-order valence-corrected chi connectivity index (χ2v) is 5.38. The fraction of sp³-hybridized carbons (Fsp3) is 0.800. The molecule has 5 heteroatoms. The highest BCUT2D eigenvalue weighted by Gasteiger charge is 2.69. The Morgan fingerprint density at radius 2 is 1.60 bits per heavy atom. The first kappa shape index (κ1) is 11.3. The van der Waals surface area contributed by atoms with Gasteiger partial charge in [0.1, 0.15) is 0 Å². The van der Waals surface area contributed by atoms with Gasteiger partial charge in [-0.05, 0) is 25.7 Å². The fourth-order valence-corrected chi connectivity index (χ4v) is 3.61. The Labute approximate surface area is 90.1 Å². The number of thioether (sulfide) groups is 1. The lowest BCUT2D eigenvalue weighted by molar-refractivity contribution is -0.175. The van der Waals surface area contributed by atoms with E-state index in [-0.39, 0.29) is 18.2 Å². The third-order valence-electron chi connectivity index (χ3n) is 3.03. The maximum absolute atomic E-state index is 13.4.